The summed E-state index contributed by atoms with van der Waals surface area (Å²) in [4.78, 5) is 19.1. The van der Waals surface area contributed by atoms with Crippen LogP contribution in [0.5, 0.6) is 11.5 Å². The fourth-order valence-electron chi connectivity index (χ4n) is 3.21. The van der Waals surface area contributed by atoms with Crippen molar-refractivity contribution in [1.29, 1.82) is 0 Å². The lowest BCUT2D eigenvalue weighted by Gasteiger charge is -2.21. The number of hydrogen-bond acceptors (Lipinski definition) is 5. The van der Waals surface area contributed by atoms with E-state index in [-0.39, 0.29) is 5.91 Å². The highest BCUT2D eigenvalue weighted by atomic mass is 32.2. The van der Waals surface area contributed by atoms with Crippen molar-refractivity contribution in [3.05, 3.63) is 66.0 Å². The summed E-state index contributed by atoms with van der Waals surface area (Å²) in [6, 6.07) is 13.9. The molecule has 6 nitrogen and oxygen atoms in total. The van der Waals surface area contributed by atoms with E-state index in [0.717, 1.165) is 22.0 Å². The van der Waals surface area contributed by atoms with Crippen molar-refractivity contribution in [2.45, 2.75) is 25.5 Å². The number of para-hydroxylation sites is 1. The fraction of sp³-hybridized carbons (Fsp3) is 0.304. The van der Waals surface area contributed by atoms with Gasteiger partial charge in [0.2, 0.25) is 5.91 Å². The summed E-state index contributed by atoms with van der Waals surface area (Å²) in [7, 11) is 3.22. The third kappa shape index (κ3) is 4.97. The SMILES string of the molecule is CCN(Cc1ccc(OC)c(OC)c1)C(=O)CSc1nccn1-c1ccccc1C. The number of amides is 1. The average molecular weight is 426 g/mol. The molecule has 1 aromatic heterocycles. The van der Waals surface area contributed by atoms with E-state index in [1.54, 1.807) is 20.4 Å². The van der Waals surface area contributed by atoms with Crippen LogP contribution in [0, 0.1) is 6.92 Å². The molecule has 0 radical (unpaired) electrons. The molecule has 1 heterocycles. The molecular weight excluding hydrogens is 398 g/mol. The number of imidazole rings is 1. The van der Waals surface area contributed by atoms with Crippen LogP contribution >= 0.6 is 11.8 Å². The van der Waals surface area contributed by atoms with Crippen LogP contribution in [0.25, 0.3) is 5.69 Å². The van der Waals surface area contributed by atoms with Gasteiger partial charge in [-0.2, -0.15) is 0 Å². The summed E-state index contributed by atoms with van der Waals surface area (Å²) in [6.45, 7) is 5.19. The first-order chi connectivity index (χ1) is 14.6. The van der Waals surface area contributed by atoms with Gasteiger partial charge < -0.3 is 14.4 Å². The average Bonchev–Trinajstić information content (AvgIpc) is 3.24. The lowest BCUT2D eigenvalue weighted by Crippen LogP contribution is -2.31. The van der Waals surface area contributed by atoms with Crippen molar-refractivity contribution >= 4 is 17.7 Å². The number of benzene rings is 2. The first-order valence-corrected chi connectivity index (χ1v) is 10.8. The van der Waals surface area contributed by atoms with Crippen molar-refractivity contribution < 1.29 is 14.3 Å². The molecule has 3 rings (SSSR count). The Balaban J connectivity index is 1.67. The Morgan fingerprint density at radius 1 is 1.13 bits per heavy atom. The van der Waals surface area contributed by atoms with E-state index in [1.807, 2.05) is 52.9 Å². The number of aryl methyl sites for hydroxylation is 1. The molecular formula is C23H27N3O3S. The second-order valence-corrected chi connectivity index (χ2v) is 7.69. The summed E-state index contributed by atoms with van der Waals surface area (Å²) < 4.78 is 12.7. The van der Waals surface area contributed by atoms with Gasteiger partial charge in [-0.3, -0.25) is 9.36 Å². The number of ether oxygens (including phenoxy) is 2. The van der Waals surface area contributed by atoms with E-state index in [0.29, 0.717) is 30.3 Å². The smallest absolute Gasteiger partial charge is 0.233 e. The van der Waals surface area contributed by atoms with Crippen LogP contribution in [-0.2, 0) is 11.3 Å². The molecule has 0 bridgehead atoms. The largest absolute Gasteiger partial charge is 0.493 e. The van der Waals surface area contributed by atoms with Crippen LogP contribution in [0.2, 0.25) is 0 Å². The molecule has 0 saturated heterocycles. The normalized spacial score (nSPS) is 10.7. The molecule has 7 heteroatoms. The molecule has 0 aliphatic rings. The van der Waals surface area contributed by atoms with Crippen LogP contribution in [-0.4, -0.2) is 46.9 Å². The highest BCUT2D eigenvalue weighted by Gasteiger charge is 2.16. The minimum Gasteiger partial charge on any atom is -0.493 e. The highest BCUT2D eigenvalue weighted by molar-refractivity contribution is 7.99. The van der Waals surface area contributed by atoms with Gasteiger partial charge in [-0.25, -0.2) is 4.98 Å². The minimum atomic E-state index is 0.0663. The molecule has 0 aliphatic heterocycles. The minimum absolute atomic E-state index is 0.0663. The molecule has 2 aromatic carbocycles. The van der Waals surface area contributed by atoms with E-state index in [4.69, 9.17) is 9.47 Å². The molecule has 0 atom stereocenters. The third-order valence-corrected chi connectivity index (χ3v) is 5.81. The van der Waals surface area contributed by atoms with Gasteiger partial charge in [0.1, 0.15) is 0 Å². The van der Waals surface area contributed by atoms with E-state index in [2.05, 4.69) is 24.0 Å². The molecule has 0 N–H and O–H groups in total. The maximum atomic E-state index is 12.9. The lowest BCUT2D eigenvalue weighted by atomic mass is 10.2. The maximum absolute atomic E-state index is 12.9. The predicted molar refractivity (Wildman–Crippen MR) is 120 cm³/mol. The van der Waals surface area contributed by atoms with Gasteiger partial charge >= 0.3 is 0 Å². The van der Waals surface area contributed by atoms with E-state index in [9.17, 15) is 4.79 Å². The van der Waals surface area contributed by atoms with E-state index in [1.165, 1.54) is 11.8 Å². The summed E-state index contributed by atoms with van der Waals surface area (Å²) in [5, 5.41) is 0.805. The van der Waals surface area contributed by atoms with Gasteiger partial charge in [-0.05, 0) is 43.2 Å². The van der Waals surface area contributed by atoms with Crippen LogP contribution < -0.4 is 9.47 Å². The van der Waals surface area contributed by atoms with Gasteiger partial charge in [0.05, 0.1) is 25.7 Å². The third-order valence-electron chi connectivity index (χ3n) is 4.86. The Bertz CT molecular complexity index is 1000. The summed E-state index contributed by atoms with van der Waals surface area (Å²) >= 11 is 1.45. The zero-order valence-corrected chi connectivity index (χ0v) is 18.6. The number of hydrogen-bond donors (Lipinski definition) is 0. The van der Waals surface area contributed by atoms with Gasteiger partial charge in [-0.1, -0.05) is 36.0 Å². The molecule has 158 valence electrons. The maximum Gasteiger partial charge on any atom is 0.233 e. The van der Waals surface area contributed by atoms with Crippen LogP contribution in [0.1, 0.15) is 18.1 Å². The zero-order chi connectivity index (χ0) is 21.5. The predicted octanol–water partition coefficient (Wildman–Crippen LogP) is 4.34. The van der Waals surface area contributed by atoms with E-state index >= 15 is 0 Å². The van der Waals surface area contributed by atoms with Crippen LogP contribution in [0.4, 0.5) is 0 Å². The Hall–Kier alpha value is -2.93. The van der Waals surface area contributed by atoms with Crippen molar-refractivity contribution in [2.75, 3.05) is 26.5 Å². The fourth-order valence-corrected chi connectivity index (χ4v) is 4.08. The molecule has 0 spiro atoms. The van der Waals surface area contributed by atoms with E-state index < -0.39 is 0 Å². The Morgan fingerprint density at radius 3 is 2.60 bits per heavy atom. The summed E-state index contributed by atoms with van der Waals surface area (Å²) in [5.74, 6) is 1.73. The number of carbonyl (C=O) groups is 1. The zero-order valence-electron chi connectivity index (χ0n) is 17.8. The van der Waals surface area contributed by atoms with Crippen molar-refractivity contribution in [3.63, 3.8) is 0 Å². The van der Waals surface area contributed by atoms with Gasteiger partial charge in [-0.15, -0.1) is 0 Å². The molecule has 0 saturated carbocycles. The Labute approximate surface area is 181 Å². The molecule has 0 fully saturated rings. The van der Waals surface area contributed by atoms with Gasteiger partial charge in [0.15, 0.2) is 16.7 Å². The van der Waals surface area contributed by atoms with Crippen molar-refractivity contribution in [2.24, 2.45) is 0 Å². The van der Waals surface area contributed by atoms with Gasteiger partial charge in [0.25, 0.3) is 0 Å². The molecule has 0 aliphatic carbocycles. The van der Waals surface area contributed by atoms with Crippen LogP contribution in [0.15, 0.2) is 60.0 Å². The van der Waals surface area contributed by atoms with Crippen LogP contribution in [0.3, 0.4) is 0 Å². The quantitative estimate of drug-likeness (QED) is 0.478. The first kappa shape index (κ1) is 21.8. The summed E-state index contributed by atoms with van der Waals surface area (Å²) in [5.41, 5.74) is 3.23. The second kappa shape index (κ2) is 10.2. The molecule has 0 unspecified atom stereocenters. The first-order valence-electron chi connectivity index (χ1n) is 9.78. The summed E-state index contributed by atoms with van der Waals surface area (Å²) in [6.07, 6.45) is 3.69. The second-order valence-electron chi connectivity index (χ2n) is 6.75. The number of carbonyl (C=O) groups excluding carboxylic acids is 1. The lowest BCUT2D eigenvalue weighted by molar-refractivity contribution is -0.128. The molecule has 1 amide bonds. The molecule has 30 heavy (non-hydrogen) atoms. The highest BCUT2D eigenvalue weighted by Crippen LogP contribution is 2.28. The number of aromatic nitrogens is 2. The van der Waals surface area contributed by atoms with Gasteiger partial charge in [0, 0.05) is 25.5 Å². The van der Waals surface area contributed by atoms with Crippen molar-refractivity contribution in [3.8, 4) is 17.2 Å². The topological polar surface area (TPSA) is 56.6 Å². The number of nitrogens with zero attached hydrogens (tertiary/aromatic N) is 3. The number of rotatable bonds is 9. The Morgan fingerprint density at radius 2 is 1.90 bits per heavy atom. The standard InChI is InChI=1S/C23H27N3O3S/c1-5-25(15-18-10-11-20(28-3)21(14-18)29-4)22(27)16-30-23-24-12-13-26(23)19-9-7-6-8-17(19)2/h6-14H,5,15-16H2,1-4H3. The Kier molecular flexibility index (Phi) is 7.41. The molecule has 3 aromatic rings. The van der Waals surface area contributed by atoms with Crippen molar-refractivity contribution in [1.82, 2.24) is 14.5 Å². The number of methoxy groups -OCH3 is 2. The monoisotopic (exact) mass is 425 g/mol. The number of thioether (sulfide) groups is 1.